The molecule has 0 radical (unpaired) electrons. The number of hydrogen-bond donors (Lipinski definition) is 1. The Labute approximate surface area is 98.5 Å². The van der Waals surface area contributed by atoms with Crippen molar-refractivity contribution in [2.75, 3.05) is 23.9 Å². The Morgan fingerprint density at radius 1 is 1.33 bits per heavy atom. The van der Waals surface area contributed by atoms with Crippen molar-refractivity contribution in [3.63, 3.8) is 0 Å². The SMILES string of the molecule is CCC(C)(CCCl)NCCS(=O)(=O)CC. The van der Waals surface area contributed by atoms with Crippen LogP contribution in [0, 0.1) is 0 Å². The zero-order valence-electron chi connectivity index (χ0n) is 9.85. The van der Waals surface area contributed by atoms with Crippen molar-refractivity contribution in [2.24, 2.45) is 0 Å². The summed E-state index contributed by atoms with van der Waals surface area (Å²) in [7, 11) is -2.86. The van der Waals surface area contributed by atoms with Crippen LogP contribution in [0.3, 0.4) is 0 Å². The molecule has 0 spiro atoms. The van der Waals surface area contributed by atoms with Gasteiger partial charge in [-0.05, 0) is 19.8 Å². The van der Waals surface area contributed by atoms with E-state index in [0.29, 0.717) is 12.4 Å². The topological polar surface area (TPSA) is 46.2 Å². The molecule has 3 nitrogen and oxygen atoms in total. The van der Waals surface area contributed by atoms with E-state index in [2.05, 4.69) is 19.2 Å². The lowest BCUT2D eigenvalue weighted by molar-refractivity contribution is 0.342. The molecular weight excluding hydrogens is 234 g/mol. The van der Waals surface area contributed by atoms with Gasteiger partial charge in [0.1, 0.15) is 0 Å². The third-order valence-corrected chi connectivity index (χ3v) is 4.73. The molecule has 0 heterocycles. The van der Waals surface area contributed by atoms with Crippen LogP contribution in [0.25, 0.3) is 0 Å². The Hall–Kier alpha value is 0.200. The highest BCUT2D eigenvalue weighted by Gasteiger charge is 2.20. The number of rotatable bonds is 8. The summed E-state index contributed by atoms with van der Waals surface area (Å²) in [6, 6.07) is 0. The van der Waals surface area contributed by atoms with E-state index < -0.39 is 9.84 Å². The molecule has 0 aromatic rings. The number of sulfone groups is 1. The number of alkyl halides is 1. The van der Waals surface area contributed by atoms with E-state index >= 15 is 0 Å². The van der Waals surface area contributed by atoms with Gasteiger partial charge in [0.05, 0.1) is 5.75 Å². The van der Waals surface area contributed by atoms with Crippen LogP contribution in [0.1, 0.15) is 33.6 Å². The van der Waals surface area contributed by atoms with Gasteiger partial charge < -0.3 is 5.32 Å². The summed E-state index contributed by atoms with van der Waals surface area (Å²) < 4.78 is 22.5. The lowest BCUT2D eigenvalue weighted by Crippen LogP contribution is -2.44. The van der Waals surface area contributed by atoms with Gasteiger partial charge in [-0.3, -0.25) is 0 Å². The Bertz CT molecular complexity index is 267. The number of hydrogen-bond acceptors (Lipinski definition) is 3. The monoisotopic (exact) mass is 255 g/mol. The minimum Gasteiger partial charge on any atom is -0.310 e. The molecule has 0 amide bonds. The standard InChI is InChI=1S/C10H22ClNO2S/c1-4-10(3,6-7-11)12-8-9-15(13,14)5-2/h12H,4-9H2,1-3H3. The van der Waals surface area contributed by atoms with Gasteiger partial charge in [-0.25, -0.2) is 8.42 Å². The first-order valence-corrected chi connectivity index (χ1v) is 7.76. The van der Waals surface area contributed by atoms with Crippen molar-refractivity contribution < 1.29 is 8.42 Å². The molecule has 1 atom stereocenters. The van der Waals surface area contributed by atoms with Gasteiger partial charge in [0.2, 0.25) is 0 Å². The quantitative estimate of drug-likeness (QED) is 0.673. The normalized spacial score (nSPS) is 16.3. The zero-order chi connectivity index (χ0) is 11.9. The molecule has 0 fully saturated rings. The van der Waals surface area contributed by atoms with Crippen molar-refractivity contribution in [1.29, 1.82) is 0 Å². The van der Waals surface area contributed by atoms with Crippen molar-refractivity contribution in [2.45, 2.75) is 39.2 Å². The van der Waals surface area contributed by atoms with Crippen LogP contribution >= 0.6 is 11.6 Å². The summed E-state index contributed by atoms with van der Waals surface area (Å²) in [5, 5.41) is 3.27. The van der Waals surface area contributed by atoms with Crippen molar-refractivity contribution in [1.82, 2.24) is 5.32 Å². The molecule has 5 heteroatoms. The summed E-state index contributed by atoms with van der Waals surface area (Å²) in [5.74, 6) is 1.02. The average molecular weight is 256 g/mol. The summed E-state index contributed by atoms with van der Waals surface area (Å²) in [5.41, 5.74) is -0.0367. The number of nitrogens with one attached hydrogen (secondary N) is 1. The van der Waals surface area contributed by atoms with E-state index in [0.717, 1.165) is 12.8 Å². The maximum atomic E-state index is 11.3. The second kappa shape index (κ2) is 6.71. The summed E-state index contributed by atoms with van der Waals surface area (Å²) in [6.07, 6.45) is 1.81. The van der Waals surface area contributed by atoms with E-state index in [1.165, 1.54) is 0 Å². The fourth-order valence-corrected chi connectivity index (χ4v) is 2.37. The largest absolute Gasteiger partial charge is 0.310 e. The zero-order valence-corrected chi connectivity index (χ0v) is 11.4. The molecule has 1 N–H and O–H groups in total. The first-order chi connectivity index (χ1) is 6.89. The maximum absolute atomic E-state index is 11.3. The highest BCUT2D eigenvalue weighted by molar-refractivity contribution is 7.91. The fraction of sp³-hybridized carbons (Fsp3) is 1.00. The van der Waals surface area contributed by atoms with E-state index in [1.54, 1.807) is 6.92 Å². The lowest BCUT2D eigenvalue weighted by atomic mass is 9.96. The van der Waals surface area contributed by atoms with Crippen LogP contribution in [0.15, 0.2) is 0 Å². The second-order valence-electron chi connectivity index (χ2n) is 4.02. The highest BCUT2D eigenvalue weighted by atomic mass is 35.5. The summed E-state index contributed by atoms with van der Waals surface area (Å²) >= 11 is 5.70. The lowest BCUT2D eigenvalue weighted by Gasteiger charge is -2.29. The molecule has 0 aromatic carbocycles. The Kier molecular flexibility index (Phi) is 6.80. The van der Waals surface area contributed by atoms with E-state index in [1.807, 2.05) is 0 Å². The third kappa shape index (κ3) is 6.38. The molecule has 0 bridgehead atoms. The van der Waals surface area contributed by atoms with Crippen LogP contribution < -0.4 is 5.32 Å². The first-order valence-electron chi connectivity index (χ1n) is 5.40. The summed E-state index contributed by atoms with van der Waals surface area (Å²) in [4.78, 5) is 0. The van der Waals surface area contributed by atoms with Gasteiger partial charge in [0, 0.05) is 23.7 Å². The molecule has 1 unspecified atom stereocenters. The molecule has 0 aliphatic heterocycles. The van der Waals surface area contributed by atoms with Crippen LogP contribution in [0.5, 0.6) is 0 Å². The molecular formula is C10H22ClNO2S. The fourth-order valence-electron chi connectivity index (χ4n) is 1.25. The van der Waals surface area contributed by atoms with Gasteiger partial charge in [-0.2, -0.15) is 0 Å². The predicted octanol–water partition coefficient (Wildman–Crippen LogP) is 1.81. The molecule has 92 valence electrons. The second-order valence-corrected chi connectivity index (χ2v) is 6.87. The summed E-state index contributed by atoms with van der Waals surface area (Å²) in [6.45, 7) is 6.34. The van der Waals surface area contributed by atoms with Crippen molar-refractivity contribution in [3.8, 4) is 0 Å². The molecule has 0 saturated carbocycles. The molecule has 0 aromatic heterocycles. The molecule has 0 aliphatic rings. The van der Waals surface area contributed by atoms with Crippen molar-refractivity contribution in [3.05, 3.63) is 0 Å². The number of halogens is 1. The van der Waals surface area contributed by atoms with E-state index in [9.17, 15) is 8.42 Å². The smallest absolute Gasteiger partial charge is 0.151 e. The van der Waals surface area contributed by atoms with Gasteiger partial charge >= 0.3 is 0 Å². The molecule has 0 saturated heterocycles. The van der Waals surface area contributed by atoms with E-state index in [4.69, 9.17) is 11.6 Å². The first kappa shape index (κ1) is 15.2. The van der Waals surface area contributed by atoms with Gasteiger partial charge in [-0.15, -0.1) is 11.6 Å². The van der Waals surface area contributed by atoms with Crippen LogP contribution in [-0.4, -0.2) is 37.9 Å². The Balaban J connectivity index is 4.03. The Morgan fingerprint density at radius 2 is 1.93 bits per heavy atom. The predicted molar refractivity (Wildman–Crippen MR) is 66.4 cm³/mol. The van der Waals surface area contributed by atoms with Gasteiger partial charge in [-0.1, -0.05) is 13.8 Å². The Morgan fingerprint density at radius 3 is 2.33 bits per heavy atom. The van der Waals surface area contributed by atoms with Crippen LogP contribution in [0.4, 0.5) is 0 Å². The van der Waals surface area contributed by atoms with Gasteiger partial charge in [0.15, 0.2) is 9.84 Å². The highest BCUT2D eigenvalue weighted by Crippen LogP contribution is 2.14. The van der Waals surface area contributed by atoms with Crippen LogP contribution in [0.2, 0.25) is 0 Å². The minimum atomic E-state index is -2.86. The third-order valence-electron chi connectivity index (χ3n) is 2.83. The minimum absolute atomic E-state index is 0.0367. The average Bonchev–Trinajstić information content (AvgIpc) is 2.18. The van der Waals surface area contributed by atoms with Crippen LogP contribution in [-0.2, 0) is 9.84 Å². The molecule has 0 aliphatic carbocycles. The molecule has 0 rings (SSSR count). The maximum Gasteiger partial charge on any atom is 0.151 e. The van der Waals surface area contributed by atoms with E-state index in [-0.39, 0.29) is 17.0 Å². The molecule has 15 heavy (non-hydrogen) atoms. The van der Waals surface area contributed by atoms with Gasteiger partial charge in [0.25, 0.3) is 0 Å². The van der Waals surface area contributed by atoms with Crippen molar-refractivity contribution >= 4 is 21.4 Å².